The summed E-state index contributed by atoms with van der Waals surface area (Å²) in [7, 11) is 0. The molecule has 0 aliphatic carbocycles. The molecule has 1 rings (SSSR count). The van der Waals surface area contributed by atoms with Crippen molar-refractivity contribution in [1.29, 1.82) is 0 Å². The molecular weight excluding hydrogens is 214 g/mol. The van der Waals surface area contributed by atoms with Crippen LogP contribution in [-0.2, 0) is 6.54 Å². The molecule has 1 aromatic heterocycles. The maximum absolute atomic E-state index is 9.22. The van der Waals surface area contributed by atoms with Gasteiger partial charge in [0.25, 0.3) is 0 Å². The molecule has 4 heteroatoms. The van der Waals surface area contributed by atoms with Gasteiger partial charge in [0.1, 0.15) is 0 Å². The second-order valence-electron chi connectivity index (χ2n) is 4.96. The van der Waals surface area contributed by atoms with Gasteiger partial charge in [-0.2, -0.15) is 5.10 Å². The molecule has 0 saturated carbocycles. The first-order valence-corrected chi connectivity index (χ1v) is 6.46. The van der Waals surface area contributed by atoms with Crippen molar-refractivity contribution in [3.05, 3.63) is 18.0 Å². The summed E-state index contributed by atoms with van der Waals surface area (Å²) in [5.41, 5.74) is 1.03. The largest absolute Gasteiger partial charge is 0.395 e. The number of aliphatic hydroxyl groups is 1. The minimum absolute atomic E-state index is 0.142. The predicted molar refractivity (Wildman–Crippen MR) is 69.8 cm³/mol. The van der Waals surface area contributed by atoms with Crippen molar-refractivity contribution in [3.63, 3.8) is 0 Å². The van der Waals surface area contributed by atoms with Gasteiger partial charge in [-0.3, -0.25) is 4.68 Å². The number of nitrogens with zero attached hydrogens (tertiary/aromatic N) is 2. The van der Waals surface area contributed by atoms with Gasteiger partial charge in [0, 0.05) is 24.8 Å². The fourth-order valence-corrected chi connectivity index (χ4v) is 1.65. The Balaban J connectivity index is 2.49. The molecule has 0 saturated heterocycles. The topological polar surface area (TPSA) is 50.1 Å². The number of aliphatic hydroxyl groups excluding tert-OH is 1. The van der Waals surface area contributed by atoms with E-state index in [1.165, 1.54) is 0 Å². The van der Waals surface area contributed by atoms with Crippen LogP contribution in [0.4, 0.5) is 0 Å². The van der Waals surface area contributed by atoms with Crippen molar-refractivity contribution in [1.82, 2.24) is 15.1 Å². The molecule has 17 heavy (non-hydrogen) atoms. The predicted octanol–water partition coefficient (Wildman–Crippen LogP) is 1.96. The van der Waals surface area contributed by atoms with Crippen LogP contribution in [0.15, 0.2) is 12.3 Å². The van der Waals surface area contributed by atoms with Crippen LogP contribution in [0, 0.1) is 5.92 Å². The first kappa shape index (κ1) is 14.2. The molecule has 0 spiro atoms. The van der Waals surface area contributed by atoms with Crippen molar-refractivity contribution in [2.75, 3.05) is 6.61 Å². The van der Waals surface area contributed by atoms with Gasteiger partial charge < -0.3 is 10.4 Å². The van der Waals surface area contributed by atoms with Crippen molar-refractivity contribution in [2.45, 2.75) is 52.7 Å². The van der Waals surface area contributed by atoms with E-state index in [0.717, 1.165) is 12.1 Å². The Morgan fingerprint density at radius 1 is 1.41 bits per heavy atom. The van der Waals surface area contributed by atoms with Crippen molar-refractivity contribution in [3.8, 4) is 0 Å². The third-order valence-corrected chi connectivity index (χ3v) is 3.25. The molecular formula is C13H25N3O. The minimum atomic E-state index is 0.142. The number of hydrogen-bond acceptors (Lipinski definition) is 3. The van der Waals surface area contributed by atoms with Gasteiger partial charge in [0.05, 0.1) is 12.3 Å². The highest BCUT2D eigenvalue weighted by atomic mass is 16.3. The van der Waals surface area contributed by atoms with Gasteiger partial charge in [0.15, 0.2) is 0 Å². The lowest BCUT2D eigenvalue weighted by Crippen LogP contribution is -2.36. The number of rotatable bonds is 7. The normalized spacial score (nSPS) is 15.2. The highest BCUT2D eigenvalue weighted by molar-refractivity contribution is 4.99. The third-order valence-electron chi connectivity index (χ3n) is 3.25. The smallest absolute Gasteiger partial charge is 0.0762 e. The highest BCUT2D eigenvalue weighted by Crippen LogP contribution is 2.09. The molecule has 0 fully saturated rings. The molecule has 1 aromatic rings. The molecule has 4 nitrogen and oxygen atoms in total. The Morgan fingerprint density at radius 2 is 2.12 bits per heavy atom. The molecule has 0 bridgehead atoms. The van der Waals surface area contributed by atoms with E-state index in [0.29, 0.717) is 18.5 Å². The van der Waals surface area contributed by atoms with E-state index in [9.17, 15) is 5.11 Å². The summed E-state index contributed by atoms with van der Waals surface area (Å²) in [6.07, 6.45) is 3.11. The maximum Gasteiger partial charge on any atom is 0.0762 e. The summed E-state index contributed by atoms with van der Waals surface area (Å²) in [5.74, 6) is 0.427. The number of aromatic nitrogens is 2. The number of nitrogens with one attached hydrogen (secondary N) is 1. The van der Waals surface area contributed by atoms with Gasteiger partial charge in [-0.15, -0.1) is 0 Å². The Kier molecular flexibility index (Phi) is 5.65. The van der Waals surface area contributed by atoms with Crippen LogP contribution < -0.4 is 5.32 Å². The highest BCUT2D eigenvalue weighted by Gasteiger charge is 2.12. The average molecular weight is 239 g/mol. The van der Waals surface area contributed by atoms with Crippen molar-refractivity contribution in [2.24, 2.45) is 5.92 Å². The van der Waals surface area contributed by atoms with E-state index in [2.05, 4.69) is 38.1 Å². The van der Waals surface area contributed by atoms with Crippen LogP contribution in [0.2, 0.25) is 0 Å². The molecule has 0 aliphatic rings. The van der Waals surface area contributed by atoms with Crippen LogP contribution >= 0.6 is 0 Å². The third kappa shape index (κ3) is 4.13. The van der Waals surface area contributed by atoms with Crippen LogP contribution in [0.5, 0.6) is 0 Å². The minimum Gasteiger partial charge on any atom is -0.395 e. The Labute approximate surface area is 104 Å². The fraction of sp³-hybridized carbons (Fsp3) is 0.769. The number of hydrogen-bond donors (Lipinski definition) is 2. The van der Waals surface area contributed by atoms with Gasteiger partial charge >= 0.3 is 0 Å². The van der Waals surface area contributed by atoms with E-state index in [-0.39, 0.29) is 12.6 Å². The SMILES string of the molecule is CCC(C)n1ccc(CN[C@H](CO)C(C)C)n1. The van der Waals surface area contributed by atoms with Crippen molar-refractivity contribution >= 4 is 0 Å². The van der Waals surface area contributed by atoms with E-state index < -0.39 is 0 Å². The monoisotopic (exact) mass is 239 g/mol. The molecule has 98 valence electrons. The molecule has 0 amide bonds. The van der Waals surface area contributed by atoms with Crippen LogP contribution in [0.1, 0.15) is 45.9 Å². The first-order valence-electron chi connectivity index (χ1n) is 6.46. The second-order valence-corrected chi connectivity index (χ2v) is 4.96. The molecule has 0 aliphatic heterocycles. The summed E-state index contributed by atoms with van der Waals surface area (Å²) >= 11 is 0. The lowest BCUT2D eigenvalue weighted by molar-refractivity contribution is 0.209. The summed E-state index contributed by atoms with van der Waals surface area (Å²) in [4.78, 5) is 0. The van der Waals surface area contributed by atoms with Crippen molar-refractivity contribution < 1.29 is 5.11 Å². The molecule has 0 aromatic carbocycles. The van der Waals surface area contributed by atoms with E-state index in [4.69, 9.17) is 0 Å². The zero-order chi connectivity index (χ0) is 12.8. The van der Waals surface area contributed by atoms with Gasteiger partial charge in [0.2, 0.25) is 0 Å². The average Bonchev–Trinajstić information content (AvgIpc) is 2.77. The van der Waals surface area contributed by atoms with Gasteiger partial charge in [-0.25, -0.2) is 0 Å². The second kappa shape index (κ2) is 6.77. The Morgan fingerprint density at radius 3 is 2.65 bits per heavy atom. The molecule has 1 unspecified atom stereocenters. The molecule has 2 atom stereocenters. The van der Waals surface area contributed by atoms with Gasteiger partial charge in [-0.05, 0) is 25.3 Å². The standard InChI is InChI=1S/C13H25N3O/c1-5-11(4)16-7-6-12(15-16)8-14-13(9-17)10(2)3/h6-7,10-11,13-14,17H,5,8-9H2,1-4H3/t11?,13-/m1/s1. The van der Waals surface area contributed by atoms with Crippen LogP contribution in [-0.4, -0.2) is 27.5 Å². The summed E-state index contributed by atoms with van der Waals surface area (Å²) in [5, 5.41) is 17.1. The lowest BCUT2D eigenvalue weighted by Gasteiger charge is -2.19. The van der Waals surface area contributed by atoms with Crippen LogP contribution in [0.25, 0.3) is 0 Å². The Bertz CT molecular complexity index is 322. The summed E-state index contributed by atoms with van der Waals surface area (Å²) in [6.45, 7) is 9.41. The van der Waals surface area contributed by atoms with E-state index in [1.54, 1.807) is 0 Å². The van der Waals surface area contributed by atoms with E-state index >= 15 is 0 Å². The molecule has 0 radical (unpaired) electrons. The lowest BCUT2D eigenvalue weighted by atomic mass is 10.1. The summed E-state index contributed by atoms with van der Waals surface area (Å²) in [6, 6.07) is 2.62. The quantitative estimate of drug-likeness (QED) is 0.764. The van der Waals surface area contributed by atoms with E-state index in [1.807, 2.05) is 16.9 Å². The summed E-state index contributed by atoms with van der Waals surface area (Å²) < 4.78 is 2.00. The van der Waals surface area contributed by atoms with Crippen LogP contribution in [0.3, 0.4) is 0 Å². The molecule has 1 heterocycles. The first-order chi connectivity index (χ1) is 8.08. The Hall–Kier alpha value is -0.870. The fourth-order valence-electron chi connectivity index (χ4n) is 1.65. The maximum atomic E-state index is 9.22. The molecule has 2 N–H and O–H groups in total. The zero-order valence-electron chi connectivity index (χ0n) is 11.3. The zero-order valence-corrected chi connectivity index (χ0v) is 11.3. The van der Waals surface area contributed by atoms with Gasteiger partial charge in [-0.1, -0.05) is 20.8 Å².